The summed E-state index contributed by atoms with van der Waals surface area (Å²) in [5, 5.41) is 3.94. The molecule has 0 aliphatic carbocycles. The van der Waals surface area contributed by atoms with Crippen molar-refractivity contribution in [1.29, 1.82) is 0 Å². The van der Waals surface area contributed by atoms with Crippen molar-refractivity contribution >= 4 is 28.4 Å². The number of nitrogens with one attached hydrogen (secondary N) is 1. The molecule has 0 saturated heterocycles. The Labute approximate surface area is 169 Å². The zero-order chi connectivity index (χ0) is 20.3. The number of fused-ring (bicyclic) bond motifs is 1. The summed E-state index contributed by atoms with van der Waals surface area (Å²) in [7, 11) is 1.66. The molecule has 5 nitrogen and oxygen atoms in total. The van der Waals surface area contributed by atoms with Gasteiger partial charge in [0.15, 0.2) is 0 Å². The molecular formula is C22H24ClN3O2. The van der Waals surface area contributed by atoms with Crippen LogP contribution in [0, 0.1) is 0 Å². The number of aromatic nitrogens is 2. The highest BCUT2D eigenvalue weighted by atomic mass is 35.5. The Morgan fingerprint density at radius 1 is 1.21 bits per heavy atom. The first-order chi connectivity index (χ1) is 13.4. The minimum atomic E-state index is -0.437. The van der Waals surface area contributed by atoms with E-state index in [1.165, 1.54) is 10.1 Å². The summed E-state index contributed by atoms with van der Waals surface area (Å²) in [4.78, 5) is 29.8. The quantitative estimate of drug-likeness (QED) is 0.669. The van der Waals surface area contributed by atoms with E-state index in [4.69, 9.17) is 11.6 Å². The Hall–Kier alpha value is -2.66. The lowest BCUT2D eigenvalue weighted by atomic mass is 10.1. The van der Waals surface area contributed by atoms with E-state index in [1.54, 1.807) is 25.2 Å². The molecule has 0 bridgehead atoms. The molecule has 0 fully saturated rings. The van der Waals surface area contributed by atoms with Gasteiger partial charge in [-0.1, -0.05) is 37.1 Å². The number of halogens is 1. The molecule has 1 aromatic heterocycles. The van der Waals surface area contributed by atoms with Crippen LogP contribution in [0.3, 0.4) is 0 Å². The third-order valence-corrected chi connectivity index (χ3v) is 5.08. The molecule has 28 heavy (non-hydrogen) atoms. The Balaban J connectivity index is 1.82. The average Bonchev–Trinajstić information content (AvgIpc) is 2.69. The number of carbonyl (C=O) groups excluding carboxylic acids is 1. The summed E-state index contributed by atoms with van der Waals surface area (Å²) in [5.74, 6) is 0.280. The Morgan fingerprint density at radius 2 is 1.93 bits per heavy atom. The van der Waals surface area contributed by atoms with Crippen LogP contribution in [0.5, 0.6) is 0 Å². The van der Waals surface area contributed by atoms with Crippen LogP contribution in [0.15, 0.2) is 47.3 Å². The molecule has 1 atom stereocenters. The molecule has 0 radical (unpaired) electrons. The van der Waals surface area contributed by atoms with Crippen molar-refractivity contribution in [3.05, 3.63) is 74.8 Å². The van der Waals surface area contributed by atoms with Crippen molar-refractivity contribution in [2.24, 2.45) is 7.05 Å². The highest BCUT2D eigenvalue weighted by molar-refractivity contribution is 6.31. The van der Waals surface area contributed by atoms with Crippen molar-refractivity contribution in [3.8, 4) is 0 Å². The maximum atomic E-state index is 12.6. The summed E-state index contributed by atoms with van der Waals surface area (Å²) < 4.78 is 1.47. The number of rotatable bonds is 6. The van der Waals surface area contributed by atoms with Gasteiger partial charge in [-0.05, 0) is 55.7 Å². The number of carbonyl (C=O) groups is 1. The molecule has 1 amide bonds. The van der Waals surface area contributed by atoms with Crippen molar-refractivity contribution < 1.29 is 4.79 Å². The first kappa shape index (κ1) is 20.1. The maximum Gasteiger partial charge on any atom is 0.261 e. The summed E-state index contributed by atoms with van der Waals surface area (Å²) in [6.45, 7) is 3.97. The molecule has 2 aromatic carbocycles. The number of benzene rings is 2. The molecule has 0 aliphatic rings. The minimum absolute atomic E-state index is 0.168. The molecule has 0 spiro atoms. The van der Waals surface area contributed by atoms with Crippen molar-refractivity contribution in [2.45, 2.75) is 39.2 Å². The lowest BCUT2D eigenvalue weighted by molar-refractivity contribution is 0.0937. The molecule has 6 heteroatoms. The molecule has 3 rings (SSSR count). The summed E-state index contributed by atoms with van der Waals surface area (Å²) in [6, 6.07) is 12.2. The second kappa shape index (κ2) is 8.57. The smallest absolute Gasteiger partial charge is 0.261 e. The van der Waals surface area contributed by atoms with Crippen LogP contribution in [-0.4, -0.2) is 15.5 Å². The van der Waals surface area contributed by atoms with Crippen LogP contribution in [-0.2, 0) is 13.5 Å². The van der Waals surface area contributed by atoms with E-state index in [-0.39, 0.29) is 11.5 Å². The van der Waals surface area contributed by atoms with Crippen molar-refractivity contribution in [3.63, 3.8) is 0 Å². The van der Waals surface area contributed by atoms with E-state index in [9.17, 15) is 9.59 Å². The maximum absolute atomic E-state index is 12.6. The highest BCUT2D eigenvalue weighted by Gasteiger charge is 2.17. The van der Waals surface area contributed by atoms with Crippen molar-refractivity contribution in [1.82, 2.24) is 14.9 Å². The zero-order valence-electron chi connectivity index (χ0n) is 16.3. The average molecular weight is 398 g/mol. The molecule has 1 heterocycles. The number of hydrogen-bond acceptors (Lipinski definition) is 3. The standard InChI is InChI=1S/C22H24ClN3O2/c1-4-5-6-15-7-9-16(10-8-15)21(27)24-14(2)20-25-19-13-17(23)11-12-18(19)22(28)26(20)3/h7-14H,4-6H2,1-3H3,(H,24,27)/t14-/m1/s1. The van der Waals surface area contributed by atoms with Gasteiger partial charge in [0, 0.05) is 17.6 Å². The number of unbranched alkanes of at least 4 members (excludes halogenated alkanes) is 1. The molecule has 146 valence electrons. The van der Waals surface area contributed by atoms with Gasteiger partial charge in [0.05, 0.1) is 16.9 Å². The van der Waals surface area contributed by atoms with E-state index in [0.717, 1.165) is 19.3 Å². The van der Waals surface area contributed by atoms with E-state index >= 15 is 0 Å². The fourth-order valence-electron chi connectivity index (χ4n) is 3.20. The number of nitrogens with zero attached hydrogens (tertiary/aromatic N) is 2. The van der Waals surface area contributed by atoms with Gasteiger partial charge in [0.25, 0.3) is 11.5 Å². The van der Waals surface area contributed by atoms with Crippen LogP contribution in [0.1, 0.15) is 54.5 Å². The predicted octanol–water partition coefficient (Wildman–Crippen LogP) is 4.42. The Kier molecular flexibility index (Phi) is 6.15. The van der Waals surface area contributed by atoms with Gasteiger partial charge < -0.3 is 5.32 Å². The third kappa shape index (κ3) is 4.25. The number of amides is 1. The van der Waals surface area contributed by atoms with E-state index in [1.807, 2.05) is 31.2 Å². The van der Waals surface area contributed by atoms with Crippen LogP contribution in [0.25, 0.3) is 10.9 Å². The predicted molar refractivity (Wildman–Crippen MR) is 113 cm³/mol. The van der Waals surface area contributed by atoms with Gasteiger partial charge in [-0.25, -0.2) is 4.98 Å². The lowest BCUT2D eigenvalue weighted by Crippen LogP contribution is -2.32. The summed E-state index contributed by atoms with van der Waals surface area (Å²) in [5.41, 5.74) is 2.16. The van der Waals surface area contributed by atoms with Crippen LogP contribution < -0.4 is 10.9 Å². The first-order valence-electron chi connectivity index (χ1n) is 9.46. The van der Waals surface area contributed by atoms with Gasteiger partial charge in [-0.2, -0.15) is 0 Å². The molecule has 1 N–H and O–H groups in total. The van der Waals surface area contributed by atoms with E-state index < -0.39 is 6.04 Å². The Bertz CT molecular complexity index is 1060. The summed E-state index contributed by atoms with van der Waals surface area (Å²) in [6.07, 6.45) is 3.29. The van der Waals surface area contributed by atoms with Crippen molar-refractivity contribution in [2.75, 3.05) is 0 Å². The highest BCUT2D eigenvalue weighted by Crippen LogP contribution is 2.18. The molecule has 0 aliphatic heterocycles. The molecule has 0 unspecified atom stereocenters. The molecular weight excluding hydrogens is 374 g/mol. The topological polar surface area (TPSA) is 64.0 Å². The SMILES string of the molecule is CCCCc1ccc(C(=O)N[C@H](C)c2nc3cc(Cl)ccc3c(=O)n2C)cc1. The van der Waals surface area contributed by atoms with Gasteiger partial charge in [-0.15, -0.1) is 0 Å². The van der Waals surface area contributed by atoms with Gasteiger partial charge in [0.2, 0.25) is 0 Å². The first-order valence-corrected chi connectivity index (χ1v) is 9.84. The van der Waals surface area contributed by atoms with Crippen LogP contribution in [0.4, 0.5) is 0 Å². The van der Waals surface area contributed by atoms with Crippen LogP contribution in [0.2, 0.25) is 5.02 Å². The zero-order valence-corrected chi connectivity index (χ0v) is 17.1. The molecule has 0 saturated carbocycles. The van der Waals surface area contributed by atoms with Gasteiger partial charge in [-0.3, -0.25) is 14.2 Å². The normalized spacial score (nSPS) is 12.1. The lowest BCUT2D eigenvalue weighted by Gasteiger charge is -2.17. The van der Waals surface area contributed by atoms with Crippen LogP contribution >= 0.6 is 11.6 Å². The minimum Gasteiger partial charge on any atom is -0.342 e. The second-order valence-corrected chi connectivity index (χ2v) is 7.43. The second-order valence-electron chi connectivity index (χ2n) is 6.99. The summed E-state index contributed by atoms with van der Waals surface area (Å²) >= 11 is 6.03. The number of aryl methyl sites for hydroxylation is 1. The fraction of sp³-hybridized carbons (Fsp3) is 0.318. The Morgan fingerprint density at radius 3 is 2.61 bits per heavy atom. The van der Waals surface area contributed by atoms with Gasteiger partial charge in [0.1, 0.15) is 5.82 Å². The molecule has 3 aromatic rings. The third-order valence-electron chi connectivity index (χ3n) is 4.84. The largest absolute Gasteiger partial charge is 0.342 e. The van der Waals surface area contributed by atoms with E-state index in [2.05, 4.69) is 17.2 Å². The van der Waals surface area contributed by atoms with E-state index in [0.29, 0.717) is 27.3 Å². The van der Waals surface area contributed by atoms with Gasteiger partial charge >= 0.3 is 0 Å². The monoisotopic (exact) mass is 397 g/mol. The number of hydrogen-bond donors (Lipinski definition) is 1. The fourth-order valence-corrected chi connectivity index (χ4v) is 3.36.